The lowest BCUT2D eigenvalue weighted by atomic mass is 10.2. The van der Waals surface area contributed by atoms with Gasteiger partial charge in [0, 0.05) is 18.4 Å². The number of nitrogens with one attached hydrogen (secondary N) is 2. The van der Waals surface area contributed by atoms with Crippen LogP contribution in [-0.2, 0) is 4.74 Å². The number of ether oxygens (including phenoxy) is 3. The van der Waals surface area contributed by atoms with Gasteiger partial charge in [-0.2, -0.15) is 0 Å². The summed E-state index contributed by atoms with van der Waals surface area (Å²) in [6.07, 6.45) is 0. The Balaban J connectivity index is 1.87. The van der Waals surface area contributed by atoms with E-state index in [0.29, 0.717) is 31.1 Å². The third-order valence-corrected chi connectivity index (χ3v) is 3.51. The first-order valence-corrected chi connectivity index (χ1v) is 8.60. The van der Waals surface area contributed by atoms with Gasteiger partial charge < -0.3 is 19.5 Å². The highest BCUT2D eigenvalue weighted by Gasteiger charge is 2.09. The molecule has 0 aliphatic rings. The minimum absolute atomic E-state index is 0.213. The van der Waals surface area contributed by atoms with E-state index in [4.69, 9.17) is 26.4 Å². The fourth-order valence-electron chi connectivity index (χ4n) is 2.11. The number of thiocarbonyl (C=S) groups is 1. The molecule has 2 aromatic carbocycles. The standard InChI is InChI=1S/C19H22N2O4S/c1-3-24-17-6-4-5-14(13-17)18(22)21-19(26)20-15-7-9-16(10-8-15)25-12-11-23-2/h4-10,13H,3,11-12H2,1-2H3,(H2,20,21,22,26). The number of hydrogen-bond acceptors (Lipinski definition) is 5. The highest BCUT2D eigenvalue weighted by molar-refractivity contribution is 7.80. The van der Waals surface area contributed by atoms with E-state index in [9.17, 15) is 4.79 Å². The molecule has 2 N–H and O–H groups in total. The predicted molar refractivity (Wildman–Crippen MR) is 105 cm³/mol. The van der Waals surface area contributed by atoms with E-state index in [-0.39, 0.29) is 11.0 Å². The molecule has 0 aliphatic carbocycles. The van der Waals surface area contributed by atoms with Gasteiger partial charge in [0.25, 0.3) is 5.91 Å². The van der Waals surface area contributed by atoms with Gasteiger partial charge in [0.15, 0.2) is 5.11 Å². The third-order valence-electron chi connectivity index (χ3n) is 3.30. The van der Waals surface area contributed by atoms with E-state index in [1.807, 2.05) is 31.2 Å². The molecule has 0 saturated carbocycles. The van der Waals surface area contributed by atoms with Gasteiger partial charge in [-0.25, -0.2) is 0 Å². The summed E-state index contributed by atoms with van der Waals surface area (Å²) in [7, 11) is 1.62. The van der Waals surface area contributed by atoms with Crippen molar-refractivity contribution >= 4 is 28.9 Å². The Morgan fingerprint density at radius 1 is 1.04 bits per heavy atom. The van der Waals surface area contributed by atoms with Crippen molar-refractivity contribution in [3.8, 4) is 11.5 Å². The van der Waals surface area contributed by atoms with Crippen molar-refractivity contribution in [2.75, 3.05) is 32.2 Å². The summed E-state index contributed by atoms with van der Waals surface area (Å²) in [6.45, 7) is 3.44. The summed E-state index contributed by atoms with van der Waals surface area (Å²) in [5.74, 6) is 1.07. The summed E-state index contributed by atoms with van der Waals surface area (Å²) < 4.78 is 15.8. The van der Waals surface area contributed by atoms with Crippen LogP contribution >= 0.6 is 12.2 Å². The Bertz CT molecular complexity index is 735. The van der Waals surface area contributed by atoms with E-state index in [0.717, 1.165) is 11.4 Å². The molecule has 0 bridgehead atoms. The van der Waals surface area contributed by atoms with Gasteiger partial charge in [-0.05, 0) is 61.6 Å². The molecule has 0 atom stereocenters. The van der Waals surface area contributed by atoms with Crippen LogP contribution in [0.5, 0.6) is 11.5 Å². The van der Waals surface area contributed by atoms with Crippen molar-refractivity contribution in [2.24, 2.45) is 0 Å². The van der Waals surface area contributed by atoms with Gasteiger partial charge in [0.05, 0.1) is 13.2 Å². The number of carbonyl (C=O) groups is 1. The van der Waals surface area contributed by atoms with E-state index >= 15 is 0 Å². The maximum atomic E-state index is 12.3. The number of carbonyl (C=O) groups excluding carboxylic acids is 1. The lowest BCUT2D eigenvalue weighted by Crippen LogP contribution is -2.34. The minimum atomic E-state index is -0.302. The fourth-order valence-corrected chi connectivity index (χ4v) is 2.32. The van der Waals surface area contributed by atoms with E-state index in [1.165, 1.54) is 0 Å². The van der Waals surface area contributed by atoms with Crippen LogP contribution in [0.15, 0.2) is 48.5 Å². The molecule has 7 heteroatoms. The number of benzene rings is 2. The molecule has 0 aromatic heterocycles. The zero-order valence-electron chi connectivity index (χ0n) is 14.8. The molecule has 0 unspecified atom stereocenters. The van der Waals surface area contributed by atoms with E-state index in [2.05, 4.69) is 10.6 Å². The molecule has 138 valence electrons. The van der Waals surface area contributed by atoms with Gasteiger partial charge >= 0.3 is 0 Å². The quantitative estimate of drug-likeness (QED) is 0.546. The zero-order valence-corrected chi connectivity index (χ0v) is 15.6. The van der Waals surface area contributed by atoms with Gasteiger partial charge in [-0.1, -0.05) is 6.07 Å². The van der Waals surface area contributed by atoms with Crippen LogP contribution in [0.1, 0.15) is 17.3 Å². The van der Waals surface area contributed by atoms with Crippen LogP contribution in [0.4, 0.5) is 5.69 Å². The molecule has 26 heavy (non-hydrogen) atoms. The van der Waals surface area contributed by atoms with Gasteiger partial charge in [-0.3, -0.25) is 10.1 Å². The van der Waals surface area contributed by atoms with Crippen LogP contribution in [0.3, 0.4) is 0 Å². The monoisotopic (exact) mass is 374 g/mol. The molecule has 1 amide bonds. The second-order valence-corrected chi connectivity index (χ2v) is 5.64. The van der Waals surface area contributed by atoms with Gasteiger partial charge in [0.2, 0.25) is 0 Å². The predicted octanol–water partition coefficient (Wildman–Crippen LogP) is 3.24. The second-order valence-electron chi connectivity index (χ2n) is 5.23. The van der Waals surface area contributed by atoms with E-state index in [1.54, 1.807) is 31.4 Å². The highest BCUT2D eigenvalue weighted by atomic mass is 32.1. The summed E-state index contributed by atoms with van der Waals surface area (Å²) in [5.41, 5.74) is 1.22. The Labute approximate surface area is 158 Å². The summed E-state index contributed by atoms with van der Waals surface area (Å²) in [4.78, 5) is 12.3. The van der Waals surface area contributed by atoms with Crippen molar-refractivity contribution in [1.82, 2.24) is 5.32 Å². The topological polar surface area (TPSA) is 68.8 Å². The van der Waals surface area contributed by atoms with Gasteiger partial charge in [0.1, 0.15) is 18.1 Å². The van der Waals surface area contributed by atoms with Crippen LogP contribution in [-0.4, -0.2) is 38.0 Å². The van der Waals surface area contributed by atoms with Gasteiger partial charge in [-0.15, -0.1) is 0 Å². The first-order chi connectivity index (χ1) is 12.6. The van der Waals surface area contributed by atoms with Crippen molar-refractivity contribution in [3.63, 3.8) is 0 Å². The van der Waals surface area contributed by atoms with Crippen molar-refractivity contribution in [3.05, 3.63) is 54.1 Å². The molecule has 2 rings (SSSR count). The maximum Gasteiger partial charge on any atom is 0.257 e. The van der Waals surface area contributed by atoms with Crippen LogP contribution in [0, 0.1) is 0 Å². The molecule has 2 aromatic rings. The lowest BCUT2D eigenvalue weighted by molar-refractivity contribution is 0.0977. The van der Waals surface area contributed by atoms with Crippen molar-refractivity contribution in [2.45, 2.75) is 6.92 Å². The van der Waals surface area contributed by atoms with E-state index < -0.39 is 0 Å². The molecular formula is C19H22N2O4S. The first-order valence-electron chi connectivity index (χ1n) is 8.19. The Kier molecular flexibility index (Phi) is 7.85. The smallest absolute Gasteiger partial charge is 0.257 e. The number of anilines is 1. The van der Waals surface area contributed by atoms with Crippen LogP contribution in [0.25, 0.3) is 0 Å². The average molecular weight is 374 g/mol. The molecule has 0 spiro atoms. The Morgan fingerprint density at radius 3 is 2.50 bits per heavy atom. The normalized spacial score (nSPS) is 10.1. The molecule has 0 radical (unpaired) electrons. The van der Waals surface area contributed by atoms with Crippen molar-refractivity contribution in [1.29, 1.82) is 0 Å². The highest BCUT2D eigenvalue weighted by Crippen LogP contribution is 2.16. The number of rotatable bonds is 8. The summed E-state index contributed by atoms with van der Waals surface area (Å²) in [6, 6.07) is 14.2. The number of amides is 1. The number of methoxy groups -OCH3 is 1. The van der Waals surface area contributed by atoms with Crippen molar-refractivity contribution < 1.29 is 19.0 Å². The Morgan fingerprint density at radius 2 is 1.81 bits per heavy atom. The van der Waals surface area contributed by atoms with Crippen LogP contribution in [0.2, 0.25) is 0 Å². The average Bonchev–Trinajstić information content (AvgIpc) is 2.64. The SMILES string of the molecule is CCOc1cccc(C(=O)NC(=S)Nc2ccc(OCCOC)cc2)c1. The zero-order chi connectivity index (χ0) is 18.8. The fraction of sp³-hybridized carbons (Fsp3) is 0.263. The van der Waals surface area contributed by atoms with Crippen LogP contribution < -0.4 is 20.1 Å². The number of hydrogen-bond donors (Lipinski definition) is 2. The molecule has 0 aliphatic heterocycles. The maximum absolute atomic E-state index is 12.3. The summed E-state index contributed by atoms with van der Waals surface area (Å²) in [5, 5.41) is 5.83. The second kappa shape index (κ2) is 10.4. The lowest BCUT2D eigenvalue weighted by Gasteiger charge is -2.11. The molecule has 0 fully saturated rings. The third kappa shape index (κ3) is 6.34. The minimum Gasteiger partial charge on any atom is -0.494 e. The molecular weight excluding hydrogens is 352 g/mol. The summed E-state index contributed by atoms with van der Waals surface area (Å²) >= 11 is 5.19. The largest absolute Gasteiger partial charge is 0.494 e. The molecule has 0 saturated heterocycles. The molecule has 0 heterocycles. The first kappa shape index (κ1) is 19.7. The Hall–Kier alpha value is -2.64. The molecule has 6 nitrogen and oxygen atoms in total.